The molecule has 0 radical (unpaired) electrons. The zero-order valence-corrected chi connectivity index (χ0v) is 5.91. The Labute approximate surface area is 60.9 Å². The Hall–Kier alpha value is -1.29. The molecule has 0 aliphatic carbocycles. The van der Waals surface area contributed by atoms with Crippen LogP contribution in [0, 0.1) is 11.3 Å². The van der Waals surface area contributed by atoms with Gasteiger partial charge in [-0.25, -0.2) is 0 Å². The van der Waals surface area contributed by atoms with Crippen molar-refractivity contribution in [1.29, 1.82) is 5.26 Å². The van der Waals surface area contributed by atoms with E-state index in [1.54, 1.807) is 0 Å². The summed E-state index contributed by atoms with van der Waals surface area (Å²) >= 11 is 0. The minimum absolute atomic E-state index is 0.0150. The van der Waals surface area contributed by atoms with Crippen molar-refractivity contribution in [2.75, 3.05) is 0 Å². The Bertz CT molecular complexity index is 233. The van der Waals surface area contributed by atoms with Crippen LogP contribution in [-0.4, -0.2) is 0 Å². The van der Waals surface area contributed by atoms with Crippen LogP contribution in [0.25, 0.3) is 0 Å². The molecule has 0 aromatic heterocycles. The largest absolute Gasteiger partial charge is 0.198 e. The maximum absolute atomic E-state index is 8.54. The van der Waals surface area contributed by atoms with Crippen LogP contribution in [0.15, 0.2) is 30.3 Å². The first kappa shape index (κ1) is 6.82. The second-order valence-corrected chi connectivity index (χ2v) is 2.26. The minimum Gasteiger partial charge on any atom is -0.198 e. The molecular weight excluding hydrogens is 122 g/mol. The summed E-state index contributed by atoms with van der Waals surface area (Å²) in [5.74, 6) is 0.0150. The highest BCUT2D eigenvalue weighted by Crippen LogP contribution is 2.11. The van der Waals surface area contributed by atoms with E-state index in [1.165, 1.54) is 0 Å². The predicted octanol–water partition coefficient (Wildman–Crippen LogP) is 2.31. The fourth-order valence-corrected chi connectivity index (χ4v) is 0.816. The second kappa shape index (κ2) is 3.03. The first-order valence-corrected chi connectivity index (χ1v) is 3.29. The lowest BCUT2D eigenvalue weighted by atomic mass is 10.0. The van der Waals surface area contributed by atoms with Gasteiger partial charge in [-0.3, -0.25) is 0 Å². The third-order valence-corrected chi connectivity index (χ3v) is 1.49. The van der Waals surface area contributed by atoms with E-state index < -0.39 is 0 Å². The zero-order valence-electron chi connectivity index (χ0n) is 5.91. The molecule has 0 amide bonds. The Balaban J connectivity index is 2.88. The van der Waals surface area contributed by atoms with Gasteiger partial charge < -0.3 is 0 Å². The lowest BCUT2D eigenvalue weighted by Gasteiger charge is -1.99. The van der Waals surface area contributed by atoms with Gasteiger partial charge in [0.05, 0.1) is 12.0 Å². The highest BCUT2D eigenvalue weighted by atomic mass is 14.3. The van der Waals surface area contributed by atoms with Crippen molar-refractivity contribution in [2.24, 2.45) is 0 Å². The molecule has 0 saturated carbocycles. The normalized spacial score (nSPS) is 12.0. The molecule has 1 atom stereocenters. The van der Waals surface area contributed by atoms with Crippen molar-refractivity contribution in [1.82, 2.24) is 0 Å². The number of hydrogen-bond acceptors (Lipinski definition) is 1. The highest BCUT2D eigenvalue weighted by Gasteiger charge is 1.99. The van der Waals surface area contributed by atoms with Gasteiger partial charge in [0.15, 0.2) is 0 Å². The molecule has 1 aromatic rings. The maximum Gasteiger partial charge on any atom is 0.0700 e. The summed E-state index contributed by atoms with van der Waals surface area (Å²) in [6.45, 7) is 1.90. The smallest absolute Gasteiger partial charge is 0.0700 e. The molecular formula is C9H9N. The van der Waals surface area contributed by atoms with E-state index in [1.807, 2.05) is 37.3 Å². The van der Waals surface area contributed by atoms with Gasteiger partial charge in [-0.05, 0) is 12.5 Å². The summed E-state index contributed by atoms with van der Waals surface area (Å²) in [6, 6.07) is 12.0. The number of rotatable bonds is 1. The number of hydrogen-bond donors (Lipinski definition) is 0. The Morgan fingerprint density at radius 2 is 1.90 bits per heavy atom. The molecule has 50 valence electrons. The topological polar surface area (TPSA) is 23.8 Å². The van der Waals surface area contributed by atoms with E-state index in [0.717, 1.165) is 5.56 Å². The number of benzene rings is 1. The molecule has 0 N–H and O–H groups in total. The SMILES string of the molecule is C[C@@H](C#N)c1ccccc1. The molecule has 0 aliphatic heterocycles. The van der Waals surface area contributed by atoms with Gasteiger partial charge in [-0.15, -0.1) is 0 Å². The minimum atomic E-state index is 0.0150. The Kier molecular flexibility index (Phi) is 2.07. The molecule has 1 nitrogen and oxygen atoms in total. The van der Waals surface area contributed by atoms with Gasteiger partial charge in [-0.1, -0.05) is 30.3 Å². The Morgan fingerprint density at radius 3 is 2.40 bits per heavy atom. The van der Waals surface area contributed by atoms with Crippen molar-refractivity contribution >= 4 is 0 Å². The average Bonchev–Trinajstić information content (AvgIpc) is 2.05. The van der Waals surface area contributed by atoms with Crippen molar-refractivity contribution in [2.45, 2.75) is 12.8 Å². The maximum atomic E-state index is 8.54. The van der Waals surface area contributed by atoms with Crippen LogP contribution in [0.5, 0.6) is 0 Å². The van der Waals surface area contributed by atoms with E-state index in [2.05, 4.69) is 6.07 Å². The monoisotopic (exact) mass is 131 g/mol. The molecule has 0 aliphatic rings. The standard InChI is InChI=1S/C9H9N/c1-8(7-10)9-5-3-2-4-6-9/h2-6,8H,1H3/t8-/m0/s1. The lowest BCUT2D eigenvalue weighted by molar-refractivity contribution is 0.982. The van der Waals surface area contributed by atoms with E-state index in [-0.39, 0.29) is 5.92 Å². The van der Waals surface area contributed by atoms with E-state index in [9.17, 15) is 0 Å². The quantitative estimate of drug-likeness (QED) is 0.573. The van der Waals surface area contributed by atoms with Crippen LogP contribution in [0.4, 0.5) is 0 Å². The van der Waals surface area contributed by atoms with Gasteiger partial charge in [0.2, 0.25) is 0 Å². The van der Waals surface area contributed by atoms with Crippen LogP contribution in [0.2, 0.25) is 0 Å². The highest BCUT2D eigenvalue weighted by molar-refractivity contribution is 5.23. The van der Waals surface area contributed by atoms with Crippen LogP contribution in [0.1, 0.15) is 18.4 Å². The molecule has 0 unspecified atom stereocenters. The third kappa shape index (κ3) is 1.35. The lowest BCUT2D eigenvalue weighted by Crippen LogP contribution is -1.86. The number of nitriles is 1. The second-order valence-electron chi connectivity index (χ2n) is 2.26. The van der Waals surface area contributed by atoms with Crippen LogP contribution in [0.3, 0.4) is 0 Å². The summed E-state index contributed by atoms with van der Waals surface area (Å²) in [6.07, 6.45) is 0. The molecule has 0 bridgehead atoms. The van der Waals surface area contributed by atoms with Crippen molar-refractivity contribution in [3.05, 3.63) is 35.9 Å². The first-order chi connectivity index (χ1) is 4.84. The van der Waals surface area contributed by atoms with Crippen LogP contribution >= 0.6 is 0 Å². The summed E-state index contributed by atoms with van der Waals surface area (Å²) in [5.41, 5.74) is 1.09. The zero-order chi connectivity index (χ0) is 7.40. The summed E-state index contributed by atoms with van der Waals surface area (Å²) in [5, 5.41) is 8.54. The van der Waals surface area contributed by atoms with Gasteiger partial charge in [0.1, 0.15) is 0 Å². The van der Waals surface area contributed by atoms with Gasteiger partial charge >= 0.3 is 0 Å². The van der Waals surface area contributed by atoms with Gasteiger partial charge in [0, 0.05) is 0 Å². The third-order valence-electron chi connectivity index (χ3n) is 1.49. The summed E-state index contributed by atoms with van der Waals surface area (Å²) in [7, 11) is 0. The fourth-order valence-electron chi connectivity index (χ4n) is 0.816. The first-order valence-electron chi connectivity index (χ1n) is 3.29. The predicted molar refractivity (Wildman–Crippen MR) is 40.5 cm³/mol. The molecule has 0 spiro atoms. The molecule has 0 heterocycles. The molecule has 0 saturated heterocycles. The van der Waals surface area contributed by atoms with Gasteiger partial charge in [0.25, 0.3) is 0 Å². The molecule has 1 aromatic carbocycles. The Morgan fingerprint density at radius 1 is 1.30 bits per heavy atom. The molecule has 1 rings (SSSR count). The fraction of sp³-hybridized carbons (Fsp3) is 0.222. The van der Waals surface area contributed by atoms with Crippen LogP contribution < -0.4 is 0 Å². The summed E-state index contributed by atoms with van der Waals surface area (Å²) in [4.78, 5) is 0. The summed E-state index contributed by atoms with van der Waals surface area (Å²) < 4.78 is 0. The van der Waals surface area contributed by atoms with Crippen LogP contribution in [-0.2, 0) is 0 Å². The van der Waals surface area contributed by atoms with Crippen molar-refractivity contribution in [3.8, 4) is 6.07 Å². The molecule has 0 fully saturated rings. The average molecular weight is 131 g/mol. The van der Waals surface area contributed by atoms with E-state index in [0.29, 0.717) is 0 Å². The number of nitrogens with zero attached hydrogens (tertiary/aromatic N) is 1. The molecule has 1 heteroatoms. The van der Waals surface area contributed by atoms with Crippen molar-refractivity contribution in [3.63, 3.8) is 0 Å². The van der Waals surface area contributed by atoms with E-state index in [4.69, 9.17) is 5.26 Å². The van der Waals surface area contributed by atoms with Crippen molar-refractivity contribution < 1.29 is 0 Å². The molecule has 10 heavy (non-hydrogen) atoms. The van der Waals surface area contributed by atoms with E-state index >= 15 is 0 Å². The van der Waals surface area contributed by atoms with Gasteiger partial charge in [-0.2, -0.15) is 5.26 Å².